The molecule has 0 aliphatic rings. The molecule has 0 radical (unpaired) electrons. The molecule has 1 atom stereocenters. The molecule has 7 nitrogen and oxygen atoms in total. The summed E-state index contributed by atoms with van der Waals surface area (Å²) >= 11 is 0. The van der Waals surface area contributed by atoms with Crippen LogP contribution in [0.25, 0.3) is 21.9 Å². The molecule has 0 spiro atoms. The SMILES string of the molecule is O=C(CCCn1cnc2ccccc2c1=O)NC(Cc1ccccc1)c1nc2ccccc2[nH]1. The summed E-state index contributed by atoms with van der Waals surface area (Å²) in [6, 6.07) is 24.9. The van der Waals surface area contributed by atoms with Crippen LogP contribution >= 0.6 is 0 Å². The van der Waals surface area contributed by atoms with Crippen molar-refractivity contribution in [1.29, 1.82) is 0 Å². The number of carbonyl (C=O) groups is 1. The van der Waals surface area contributed by atoms with Gasteiger partial charge < -0.3 is 10.3 Å². The average Bonchev–Trinajstić information content (AvgIpc) is 3.30. The number of amides is 1. The standard InChI is InChI=1S/C27H25N5O2/c33-25(15-8-16-32-18-28-21-12-5-4-11-20(21)27(32)34)29-24(17-19-9-2-1-3-10-19)26-30-22-13-6-7-14-23(22)31-26/h1-7,9-14,18,24H,8,15-17H2,(H,29,33)(H,30,31). The van der Waals surface area contributed by atoms with Crippen molar-refractivity contribution in [3.05, 3.63) is 107 Å². The van der Waals surface area contributed by atoms with E-state index in [2.05, 4.69) is 15.3 Å². The second-order valence-corrected chi connectivity index (χ2v) is 8.31. The van der Waals surface area contributed by atoms with Crippen LogP contribution in [0.1, 0.15) is 30.3 Å². The minimum absolute atomic E-state index is 0.0804. The Bertz CT molecular complexity index is 1460. The third-order valence-electron chi connectivity index (χ3n) is 5.89. The topological polar surface area (TPSA) is 92.7 Å². The molecular weight excluding hydrogens is 426 g/mol. The van der Waals surface area contributed by atoms with Crippen LogP contribution in [0, 0.1) is 0 Å². The lowest BCUT2D eigenvalue weighted by Crippen LogP contribution is -2.31. The number of para-hydroxylation sites is 3. The first kappa shape index (κ1) is 21.6. The van der Waals surface area contributed by atoms with Gasteiger partial charge >= 0.3 is 0 Å². The first-order chi connectivity index (χ1) is 16.7. The molecule has 0 bridgehead atoms. The van der Waals surface area contributed by atoms with Crippen molar-refractivity contribution >= 4 is 27.8 Å². The van der Waals surface area contributed by atoms with E-state index in [4.69, 9.17) is 4.98 Å². The molecule has 0 aliphatic heterocycles. The van der Waals surface area contributed by atoms with Crippen molar-refractivity contribution in [1.82, 2.24) is 24.8 Å². The van der Waals surface area contributed by atoms with Crippen LogP contribution in [-0.2, 0) is 17.8 Å². The molecule has 5 aromatic rings. The number of aromatic amines is 1. The molecule has 170 valence electrons. The smallest absolute Gasteiger partial charge is 0.261 e. The Balaban J connectivity index is 1.28. The number of carbonyl (C=O) groups excluding carboxylic acids is 1. The Hall–Kier alpha value is -4.26. The second-order valence-electron chi connectivity index (χ2n) is 8.31. The zero-order chi connectivity index (χ0) is 23.3. The molecule has 1 amide bonds. The zero-order valence-electron chi connectivity index (χ0n) is 18.6. The lowest BCUT2D eigenvalue weighted by atomic mass is 10.1. The number of hydrogen-bond acceptors (Lipinski definition) is 4. The van der Waals surface area contributed by atoms with Crippen molar-refractivity contribution in [2.75, 3.05) is 0 Å². The van der Waals surface area contributed by atoms with E-state index in [1.54, 1.807) is 17.0 Å². The number of hydrogen-bond donors (Lipinski definition) is 2. The summed E-state index contributed by atoms with van der Waals surface area (Å²) in [4.78, 5) is 37.9. The minimum atomic E-state index is -0.285. The summed E-state index contributed by atoms with van der Waals surface area (Å²) in [6.45, 7) is 0.429. The number of imidazole rings is 1. The molecule has 7 heteroatoms. The van der Waals surface area contributed by atoms with E-state index in [0.29, 0.717) is 36.7 Å². The van der Waals surface area contributed by atoms with Crippen LogP contribution in [0.3, 0.4) is 0 Å². The summed E-state index contributed by atoms with van der Waals surface area (Å²) < 4.78 is 1.57. The number of aromatic nitrogens is 4. The molecule has 0 saturated heterocycles. The van der Waals surface area contributed by atoms with Crippen molar-refractivity contribution in [3.8, 4) is 0 Å². The predicted molar refractivity (Wildman–Crippen MR) is 132 cm³/mol. The summed E-state index contributed by atoms with van der Waals surface area (Å²) in [5.74, 6) is 0.650. The zero-order valence-corrected chi connectivity index (χ0v) is 18.6. The van der Waals surface area contributed by atoms with Crippen molar-refractivity contribution in [3.63, 3.8) is 0 Å². The highest BCUT2D eigenvalue weighted by atomic mass is 16.1. The van der Waals surface area contributed by atoms with Gasteiger partial charge in [0.05, 0.1) is 34.3 Å². The van der Waals surface area contributed by atoms with E-state index >= 15 is 0 Å². The van der Waals surface area contributed by atoms with Crippen LogP contribution in [0.4, 0.5) is 0 Å². The third kappa shape index (κ3) is 4.73. The third-order valence-corrected chi connectivity index (χ3v) is 5.89. The highest BCUT2D eigenvalue weighted by Gasteiger charge is 2.19. The number of H-pyrrole nitrogens is 1. The second kappa shape index (κ2) is 9.70. The largest absolute Gasteiger partial charge is 0.346 e. The quantitative estimate of drug-likeness (QED) is 0.371. The Morgan fingerprint density at radius 3 is 2.50 bits per heavy atom. The molecule has 34 heavy (non-hydrogen) atoms. The normalized spacial score (nSPS) is 12.1. The summed E-state index contributed by atoms with van der Waals surface area (Å²) in [7, 11) is 0. The number of nitrogens with zero attached hydrogens (tertiary/aromatic N) is 3. The molecule has 2 aromatic heterocycles. The lowest BCUT2D eigenvalue weighted by Gasteiger charge is -2.17. The summed E-state index contributed by atoms with van der Waals surface area (Å²) in [5.41, 5.74) is 3.51. The molecule has 0 fully saturated rings. The first-order valence-corrected chi connectivity index (χ1v) is 11.4. The van der Waals surface area contributed by atoms with Gasteiger partial charge in [0.2, 0.25) is 5.91 Å². The number of nitrogens with one attached hydrogen (secondary N) is 2. The number of fused-ring (bicyclic) bond motifs is 2. The van der Waals surface area contributed by atoms with E-state index in [9.17, 15) is 9.59 Å². The number of rotatable bonds is 8. The first-order valence-electron chi connectivity index (χ1n) is 11.4. The van der Waals surface area contributed by atoms with E-state index in [-0.39, 0.29) is 17.5 Å². The Kier molecular flexibility index (Phi) is 6.16. The molecular formula is C27H25N5O2. The molecule has 0 aliphatic carbocycles. The van der Waals surface area contributed by atoms with Gasteiger partial charge in [-0.3, -0.25) is 14.2 Å². The number of benzene rings is 3. The summed E-state index contributed by atoms with van der Waals surface area (Å²) in [5, 5.41) is 3.72. The van der Waals surface area contributed by atoms with E-state index in [1.165, 1.54) is 0 Å². The van der Waals surface area contributed by atoms with Gasteiger partial charge in [0.1, 0.15) is 5.82 Å². The predicted octanol–water partition coefficient (Wildman–Crippen LogP) is 4.15. The van der Waals surface area contributed by atoms with Gasteiger partial charge in [-0.1, -0.05) is 54.6 Å². The van der Waals surface area contributed by atoms with E-state index in [0.717, 1.165) is 22.4 Å². The fraction of sp³-hybridized carbons (Fsp3) is 0.185. The maximum absolute atomic E-state index is 12.9. The Morgan fingerprint density at radius 2 is 1.68 bits per heavy atom. The van der Waals surface area contributed by atoms with Gasteiger partial charge in [-0.05, 0) is 42.7 Å². The average molecular weight is 452 g/mol. The van der Waals surface area contributed by atoms with Crippen molar-refractivity contribution in [2.24, 2.45) is 0 Å². The molecule has 0 saturated carbocycles. The Morgan fingerprint density at radius 1 is 0.941 bits per heavy atom. The van der Waals surface area contributed by atoms with Gasteiger partial charge in [-0.25, -0.2) is 9.97 Å². The maximum atomic E-state index is 12.9. The summed E-state index contributed by atoms with van der Waals surface area (Å²) in [6.07, 6.45) is 3.00. The fourth-order valence-electron chi connectivity index (χ4n) is 4.15. The van der Waals surface area contributed by atoms with E-state index in [1.807, 2.05) is 72.8 Å². The van der Waals surface area contributed by atoms with Gasteiger partial charge in [-0.15, -0.1) is 0 Å². The number of aryl methyl sites for hydroxylation is 1. The van der Waals surface area contributed by atoms with Crippen molar-refractivity contribution < 1.29 is 4.79 Å². The lowest BCUT2D eigenvalue weighted by molar-refractivity contribution is -0.122. The van der Waals surface area contributed by atoms with Gasteiger partial charge in [0.25, 0.3) is 5.56 Å². The van der Waals surface area contributed by atoms with Crippen LogP contribution < -0.4 is 10.9 Å². The fourth-order valence-corrected chi connectivity index (χ4v) is 4.15. The van der Waals surface area contributed by atoms with Crippen LogP contribution in [0.15, 0.2) is 90.0 Å². The van der Waals surface area contributed by atoms with Crippen LogP contribution in [-0.4, -0.2) is 25.4 Å². The Labute approximate surface area is 196 Å². The highest BCUT2D eigenvalue weighted by Crippen LogP contribution is 2.20. The van der Waals surface area contributed by atoms with Crippen molar-refractivity contribution in [2.45, 2.75) is 31.8 Å². The molecule has 2 N–H and O–H groups in total. The molecule has 1 unspecified atom stereocenters. The van der Waals surface area contributed by atoms with Gasteiger partial charge in [0.15, 0.2) is 0 Å². The van der Waals surface area contributed by atoms with Crippen LogP contribution in [0.5, 0.6) is 0 Å². The minimum Gasteiger partial charge on any atom is -0.346 e. The van der Waals surface area contributed by atoms with E-state index < -0.39 is 0 Å². The van der Waals surface area contributed by atoms with Gasteiger partial charge in [0, 0.05) is 13.0 Å². The maximum Gasteiger partial charge on any atom is 0.261 e. The monoisotopic (exact) mass is 451 g/mol. The molecule has 3 aromatic carbocycles. The highest BCUT2D eigenvalue weighted by molar-refractivity contribution is 5.78. The van der Waals surface area contributed by atoms with Crippen LogP contribution in [0.2, 0.25) is 0 Å². The van der Waals surface area contributed by atoms with Gasteiger partial charge in [-0.2, -0.15) is 0 Å². The molecule has 5 rings (SSSR count). The molecule has 2 heterocycles.